The Morgan fingerprint density at radius 3 is 2.71 bits per heavy atom. The van der Waals surface area contributed by atoms with Gasteiger partial charge in [0.1, 0.15) is 0 Å². The van der Waals surface area contributed by atoms with E-state index >= 15 is 0 Å². The number of benzene rings is 1. The molecule has 1 fully saturated rings. The number of aryl methyl sites for hydroxylation is 1. The molecule has 1 aromatic rings. The molecule has 0 aromatic heterocycles. The lowest BCUT2D eigenvalue weighted by molar-refractivity contribution is 0.269. The van der Waals surface area contributed by atoms with Crippen molar-refractivity contribution >= 4 is 11.6 Å². The van der Waals surface area contributed by atoms with Gasteiger partial charge in [0.25, 0.3) is 0 Å². The summed E-state index contributed by atoms with van der Waals surface area (Å²) in [4.78, 5) is 0. The van der Waals surface area contributed by atoms with Gasteiger partial charge < -0.3 is 5.32 Å². The van der Waals surface area contributed by atoms with Crippen LogP contribution in [0.25, 0.3) is 0 Å². The molecule has 0 bridgehead atoms. The third-order valence-corrected chi connectivity index (χ3v) is 4.43. The maximum absolute atomic E-state index is 6.02. The molecule has 1 aromatic carbocycles. The standard InChI is InChI=1S/C15H22ClN/c1-11(2)15(7-4-8-17-15)10-13-5-6-14(16)9-12(13)3/h5-6,9,11,17H,4,7-8,10H2,1-3H3. The van der Waals surface area contributed by atoms with Gasteiger partial charge >= 0.3 is 0 Å². The van der Waals surface area contributed by atoms with Crippen LogP contribution in [0.5, 0.6) is 0 Å². The molecule has 0 aliphatic carbocycles. The Morgan fingerprint density at radius 1 is 1.41 bits per heavy atom. The van der Waals surface area contributed by atoms with Gasteiger partial charge in [-0.1, -0.05) is 31.5 Å². The highest BCUT2D eigenvalue weighted by Crippen LogP contribution is 2.32. The van der Waals surface area contributed by atoms with Crippen LogP contribution in [0, 0.1) is 12.8 Å². The largest absolute Gasteiger partial charge is 0.311 e. The van der Waals surface area contributed by atoms with Gasteiger partial charge in [0.05, 0.1) is 0 Å². The molecule has 1 aliphatic heterocycles. The van der Waals surface area contributed by atoms with Crippen LogP contribution in [-0.2, 0) is 6.42 Å². The second-order valence-electron chi connectivity index (χ2n) is 5.59. The molecule has 17 heavy (non-hydrogen) atoms. The van der Waals surface area contributed by atoms with E-state index in [-0.39, 0.29) is 0 Å². The lowest BCUT2D eigenvalue weighted by Gasteiger charge is -2.34. The molecule has 0 amide bonds. The van der Waals surface area contributed by atoms with Crippen molar-refractivity contribution < 1.29 is 0 Å². The van der Waals surface area contributed by atoms with Crippen LogP contribution < -0.4 is 5.32 Å². The van der Waals surface area contributed by atoms with Gasteiger partial charge in [-0.15, -0.1) is 0 Å². The molecule has 0 spiro atoms. The summed E-state index contributed by atoms with van der Waals surface area (Å²) < 4.78 is 0. The van der Waals surface area contributed by atoms with Gasteiger partial charge in [0, 0.05) is 10.6 Å². The second kappa shape index (κ2) is 4.99. The van der Waals surface area contributed by atoms with Crippen LogP contribution >= 0.6 is 11.6 Å². The molecule has 0 saturated carbocycles. The fourth-order valence-electron chi connectivity index (χ4n) is 2.87. The van der Waals surface area contributed by atoms with E-state index < -0.39 is 0 Å². The first-order valence-corrected chi connectivity index (χ1v) is 6.91. The Balaban J connectivity index is 2.23. The van der Waals surface area contributed by atoms with Crippen molar-refractivity contribution in [1.82, 2.24) is 5.32 Å². The Hall–Kier alpha value is -0.530. The van der Waals surface area contributed by atoms with Crippen molar-refractivity contribution in [2.45, 2.75) is 45.6 Å². The lowest BCUT2D eigenvalue weighted by atomic mass is 9.79. The van der Waals surface area contributed by atoms with Crippen LogP contribution in [0.15, 0.2) is 18.2 Å². The molecule has 1 unspecified atom stereocenters. The Kier molecular flexibility index (Phi) is 3.79. The average Bonchev–Trinajstić information content (AvgIpc) is 2.72. The highest BCUT2D eigenvalue weighted by Gasteiger charge is 2.36. The third kappa shape index (κ3) is 2.66. The molecule has 2 heteroatoms. The van der Waals surface area contributed by atoms with Crippen molar-refractivity contribution in [1.29, 1.82) is 0 Å². The zero-order valence-electron chi connectivity index (χ0n) is 11.0. The maximum Gasteiger partial charge on any atom is 0.0408 e. The molecule has 1 N–H and O–H groups in total. The first kappa shape index (κ1) is 12.9. The first-order valence-electron chi connectivity index (χ1n) is 6.53. The highest BCUT2D eigenvalue weighted by molar-refractivity contribution is 6.30. The SMILES string of the molecule is Cc1cc(Cl)ccc1CC1(C(C)C)CCCN1. The minimum atomic E-state index is 0.290. The topological polar surface area (TPSA) is 12.0 Å². The fraction of sp³-hybridized carbons (Fsp3) is 0.600. The number of hydrogen-bond acceptors (Lipinski definition) is 1. The van der Waals surface area contributed by atoms with Gasteiger partial charge in [-0.25, -0.2) is 0 Å². The Morgan fingerprint density at radius 2 is 2.18 bits per heavy atom. The van der Waals surface area contributed by atoms with Gasteiger partial charge in [-0.05, 0) is 61.9 Å². The molecule has 1 heterocycles. The number of hydrogen-bond donors (Lipinski definition) is 1. The van der Waals surface area contributed by atoms with E-state index in [2.05, 4.69) is 38.2 Å². The van der Waals surface area contributed by atoms with Crippen LogP contribution in [0.4, 0.5) is 0 Å². The molecule has 1 aliphatic rings. The average molecular weight is 252 g/mol. The van der Waals surface area contributed by atoms with Crippen molar-refractivity contribution in [3.05, 3.63) is 34.3 Å². The minimum absolute atomic E-state index is 0.290. The first-order chi connectivity index (χ1) is 8.03. The van der Waals surface area contributed by atoms with Crippen molar-refractivity contribution in [2.24, 2.45) is 5.92 Å². The van der Waals surface area contributed by atoms with E-state index in [0.717, 1.165) is 18.0 Å². The van der Waals surface area contributed by atoms with Gasteiger partial charge in [-0.2, -0.15) is 0 Å². The summed E-state index contributed by atoms with van der Waals surface area (Å²) in [6.45, 7) is 7.96. The van der Waals surface area contributed by atoms with E-state index in [0.29, 0.717) is 11.5 Å². The van der Waals surface area contributed by atoms with Crippen LogP contribution in [0.2, 0.25) is 5.02 Å². The fourth-order valence-corrected chi connectivity index (χ4v) is 3.10. The summed E-state index contributed by atoms with van der Waals surface area (Å²) >= 11 is 6.02. The number of nitrogens with one attached hydrogen (secondary N) is 1. The smallest absolute Gasteiger partial charge is 0.0408 e. The van der Waals surface area contributed by atoms with Gasteiger partial charge in [0.2, 0.25) is 0 Å². The summed E-state index contributed by atoms with van der Waals surface area (Å²) in [7, 11) is 0. The van der Waals surface area contributed by atoms with Crippen molar-refractivity contribution in [3.63, 3.8) is 0 Å². The molecule has 1 nitrogen and oxygen atoms in total. The van der Waals surface area contributed by atoms with Crippen LogP contribution in [-0.4, -0.2) is 12.1 Å². The monoisotopic (exact) mass is 251 g/mol. The zero-order valence-corrected chi connectivity index (χ0v) is 11.8. The van der Waals surface area contributed by atoms with Crippen LogP contribution in [0.3, 0.4) is 0 Å². The predicted molar refractivity (Wildman–Crippen MR) is 74.7 cm³/mol. The quantitative estimate of drug-likeness (QED) is 0.857. The molecular formula is C15H22ClN. The molecular weight excluding hydrogens is 230 g/mol. The van der Waals surface area contributed by atoms with E-state index in [9.17, 15) is 0 Å². The molecule has 1 saturated heterocycles. The number of rotatable bonds is 3. The predicted octanol–water partition coefficient (Wildman–Crippen LogP) is 3.97. The molecule has 0 radical (unpaired) electrons. The lowest BCUT2D eigenvalue weighted by Crippen LogP contribution is -2.46. The van der Waals surface area contributed by atoms with Crippen molar-refractivity contribution in [3.8, 4) is 0 Å². The molecule has 94 valence electrons. The maximum atomic E-state index is 6.02. The Bertz CT molecular complexity index is 392. The molecule has 1 atom stereocenters. The van der Waals surface area contributed by atoms with E-state index in [1.807, 2.05) is 6.07 Å². The summed E-state index contributed by atoms with van der Waals surface area (Å²) in [5.41, 5.74) is 3.03. The van der Waals surface area contributed by atoms with E-state index in [1.165, 1.54) is 24.0 Å². The van der Waals surface area contributed by atoms with E-state index in [4.69, 9.17) is 11.6 Å². The highest BCUT2D eigenvalue weighted by atomic mass is 35.5. The second-order valence-corrected chi connectivity index (χ2v) is 6.03. The third-order valence-electron chi connectivity index (χ3n) is 4.19. The number of halogens is 1. The normalized spacial score (nSPS) is 24.5. The summed E-state index contributed by atoms with van der Waals surface area (Å²) in [6, 6.07) is 6.26. The van der Waals surface area contributed by atoms with Crippen LogP contribution in [0.1, 0.15) is 37.8 Å². The summed E-state index contributed by atoms with van der Waals surface area (Å²) in [6.07, 6.45) is 3.70. The molecule has 2 rings (SSSR count). The van der Waals surface area contributed by atoms with Crippen molar-refractivity contribution in [2.75, 3.05) is 6.54 Å². The minimum Gasteiger partial charge on any atom is -0.311 e. The zero-order chi connectivity index (χ0) is 12.5. The van der Waals surface area contributed by atoms with Gasteiger partial charge in [0.15, 0.2) is 0 Å². The van der Waals surface area contributed by atoms with E-state index in [1.54, 1.807) is 0 Å². The summed E-state index contributed by atoms with van der Waals surface area (Å²) in [5.74, 6) is 0.667. The van der Waals surface area contributed by atoms with Gasteiger partial charge in [-0.3, -0.25) is 0 Å². The Labute approximate surface area is 110 Å². The summed E-state index contributed by atoms with van der Waals surface area (Å²) in [5, 5.41) is 4.56.